The molecule has 108 valence electrons. The molecule has 1 aliphatic heterocycles. The number of benzene rings is 1. The second-order valence-electron chi connectivity index (χ2n) is 6.39. The van der Waals surface area contributed by atoms with E-state index < -0.39 is 0 Å². The third kappa shape index (κ3) is 1.90. The molecule has 0 amide bonds. The summed E-state index contributed by atoms with van der Waals surface area (Å²) in [6, 6.07) is 9.72. The molecule has 0 N–H and O–H groups in total. The third-order valence-electron chi connectivity index (χ3n) is 5.15. The molecular weight excluding hydrogens is 258 g/mol. The van der Waals surface area contributed by atoms with Crippen molar-refractivity contribution in [2.45, 2.75) is 45.2 Å². The lowest BCUT2D eigenvalue weighted by Crippen LogP contribution is -2.40. The first-order valence-corrected chi connectivity index (χ1v) is 8.02. The highest BCUT2D eigenvalue weighted by atomic mass is 15.2. The number of aromatic nitrogens is 1. The topological polar surface area (TPSA) is 32.0 Å². The van der Waals surface area contributed by atoms with Crippen molar-refractivity contribution >= 4 is 10.9 Å². The number of rotatable bonds is 2. The van der Waals surface area contributed by atoms with Gasteiger partial charge in [-0.3, -0.25) is 4.90 Å². The Morgan fingerprint density at radius 2 is 2.24 bits per heavy atom. The molecule has 4 rings (SSSR count). The van der Waals surface area contributed by atoms with E-state index in [9.17, 15) is 0 Å². The van der Waals surface area contributed by atoms with Crippen molar-refractivity contribution in [3.8, 4) is 6.07 Å². The molecule has 1 aromatic heterocycles. The van der Waals surface area contributed by atoms with Gasteiger partial charge in [0.2, 0.25) is 0 Å². The molecule has 2 aliphatic rings. The molecule has 2 aromatic rings. The molecule has 21 heavy (non-hydrogen) atoms. The van der Waals surface area contributed by atoms with Gasteiger partial charge in [0.15, 0.2) is 0 Å². The summed E-state index contributed by atoms with van der Waals surface area (Å²) in [4.78, 5) is 2.53. The van der Waals surface area contributed by atoms with Gasteiger partial charge in [0, 0.05) is 42.7 Å². The molecule has 1 atom stereocenters. The van der Waals surface area contributed by atoms with Crippen molar-refractivity contribution in [1.82, 2.24) is 9.47 Å². The van der Waals surface area contributed by atoms with Crippen LogP contribution < -0.4 is 0 Å². The van der Waals surface area contributed by atoms with Gasteiger partial charge in [-0.05, 0) is 43.9 Å². The van der Waals surface area contributed by atoms with Gasteiger partial charge < -0.3 is 4.57 Å². The van der Waals surface area contributed by atoms with Gasteiger partial charge in [-0.15, -0.1) is 0 Å². The molecular formula is C18H21N3. The van der Waals surface area contributed by atoms with Crippen molar-refractivity contribution in [3.63, 3.8) is 0 Å². The van der Waals surface area contributed by atoms with E-state index in [0.717, 1.165) is 19.6 Å². The largest absolute Gasteiger partial charge is 0.342 e. The van der Waals surface area contributed by atoms with Gasteiger partial charge in [0.25, 0.3) is 0 Å². The van der Waals surface area contributed by atoms with Crippen LogP contribution in [-0.2, 0) is 13.0 Å². The summed E-state index contributed by atoms with van der Waals surface area (Å²) < 4.78 is 2.55. The minimum atomic E-state index is 0.531. The Balaban J connectivity index is 1.86. The number of hydrogen-bond acceptors (Lipinski definition) is 2. The zero-order valence-corrected chi connectivity index (χ0v) is 12.6. The number of hydrogen-bond donors (Lipinski definition) is 0. The zero-order valence-electron chi connectivity index (χ0n) is 12.6. The fourth-order valence-corrected chi connectivity index (χ4v) is 4.25. The summed E-state index contributed by atoms with van der Waals surface area (Å²) in [5.74, 6) is 0. The average Bonchev–Trinajstić information content (AvgIpc) is 2.82. The van der Waals surface area contributed by atoms with E-state index in [-0.39, 0.29) is 0 Å². The normalized spacial score (nSPS) is 21.2. The van der Waals surface area contributed by atoms with E-state index in [4.69, 9.17) is 5.26 Å². The molecule has 1 aliphatic carbocycles. The van der Waals surface area contributed by atoms with Gasteiger partial charge in [-0.1, -0.05) is 11.6 Å². The second kappa shape index (κ2) is 4.89. The summed E-state index contributed by atoms with van der Waals surface area (Å²) in [7, 11) is 0. The van der Waals surface area contributed by atoms with Crippen LogP contribution in [0.3, 0.4) is 0 Å². The predicted octanol–water partition coefficient (Wildman–Crippen LogP) is 3.56. The van der Waals surface area contributed by atoms with Gasteiger partial charge in [0.1, 0.15) is 0 Å². The number of nitrogens with zero attached hydrogens (tertiary/aromatic N) is 3. The molecule has 3 nitrogen and oxygen atoms in total. The lowest BCUT2D eigenvalue weighted by molar-refractivity contribution is 0.144. The van der Waals surface area contributed by atoms with E-state index in [1.165, 1.54) is 35.7 Å². The molecule has 0 saturated carbocycles. The fourth-order valence-electron chi connectivity index (χ4n) is 4.25. The van der Waals surface area contributed by atoms with Gasteiger partial charge >= 0.3 is 0 Å². The third-order valence-corrected chi connectivity index (χ3v) is 5.15. The van der Waals surface area contributed by atoms with Crippen LogP contribution >= 0.6 is 0 Å². The van der Waals surface area contributed by atoms with Gasteiger partial charge in [0.05, 0.1) is 12.1 Å². The maximum absolute atomic E-state index is 8.88. The Morgan fingerprint density at radius 1 is 1.33 bits per heavy atom. The Hall–Kier alpha value is -1.79. The summed E-state index contributed by atoms with van der Waals surface area (Å²) in [6.45, 7) is 5.25. The predicted molar refractivity (Wildman–Crippen MR) is 84.2 cm³/mol. The molecule has 0 fully saturated rings. The summed E-state index contributed by atoms with van der Waals surface area (Å²) >= 11 is 0. The van der Waals surface area contributed by atoms with E-state index in [0.29, 0.717) is 12.5 Å². The quantitative estimate of drug-likeness (QED) is 0.842. The van der Waals surface area contributed by atoms with Gasteiger partial charge in [-0.25, -0.2) is 0 Å². The average molecular weight is 279 g/mol. The Kier molecular flexibility index (Phi) is 3.01. The highest BCUT2D eigenvalue weighted by Gasteiger charge is 2.34. The first kappa shape index (κ1) is 12.9. The fraction of sp³-hybridized carbons (Fsp3) is 0.500. The van der Waals surface area contributed by atoms with E-state index in [1.54, 1.807) is 11.3 Å². The first-order valence-electron chi connectivity index (χ1n) is 8.02. The van der Waals surface area contributed by atoms with E-state index in [2.05, 4.69) is 40.7 Å². The van der Waals surface area contributed by atoms with Crippen molar-refractivity contribution < 1.29 is 0 Å². The molecule has 0 radical (unpaired) electrons. The highest BCUT2D eigenvalue weighted by Crippen LogP contribution is 2.42. The second-order valence-corrected chi connectivity index (χ2v) is 6.39. The van der Waals surface area contributed by atoms with Crippen LogP contribution in [0.1, 0.15) is 42.1 Å². The molecule has 0 saturated heterocycles. The maximum Gasteiger partial charge on any atom is 0.0635 e. The number of fused-ring (bicyclic) bond motifs is 3. The molecule has 2 heterocycles. The van der Waals surface area contributed by atoms with Crippen LogP contribution in [-0.4, -0.2) is 22.6 Å². The molecule has 0 bridgehead atoms. The monoisotopic (exact) mass is 279 g/mol. The first-order chi connectivity index (χ1) is 10.3. The number of aryl methyl sites for hydroxylation is 2. The molecule has 3 heteroatoms. The molecule has 0 spiro atoms. The smallest absolute Gasteiger partial charge is 0.0635 e. The minimum Gasteiger partial charge on any atom is -0.342 e. The van der Waals surface area contributed by atoms with Crippen LogP contribution in [0.5, 0.6) is 0 Å². The van der Waals surface area contributed by atoms with Crippen LogP contribution in [0.15, 0.2) is 18.2 Å². The van der Waals surface area contributed by atoms with Gasteiger partial charge in [-0.2, -0.15) is 5.26 Å². The zero-order chi connectivity index (χ0) is 14.4. The van der Waals surface area contributed by atoms with Crippen LogP contribution in [0.25, 0.3) is 10.9 Å². The Labute approximate surface area is 125 Å². The standard InChI is InChI=1S/C18H21N3/c1-13-6-7-16-15(12-13)14-4-2-5-17-18(14)21(16)11-10-20(17)9-3-8-19/h6-7,12,17H,2-5,9-11H2,1H3. The van der Waals surface area contributed by atoms with Crippen LogP contribution in [0.2, 0.25) is 0 Å². The van der Waals surface area contributed by atoms with Crippen molar-refractivity contribution in [3.05, 3.63) is 35.0 Å². The molecule has 1 unspecified atom stereocenters. The lowest BCUT2D eigenvalue weighted by Gasteiger charge is -2.39. The summed E-state index contributed by atoms with van der Waals surface area (Å²) in [5.41, 5.74) is 5.89. The minimum absolute atomic E-state index is 0.531. The van der Waals surface area contributed by atoms with E-state index >= 15 is 0 Å². The Bertz CT molecular complexity index is 735. The molecule has 1 aromatic carbocycles. The maximum atomic E-state index is 8.88. The van der Waals surface area contributed by atoms with Crippen molar-refractivity contribution in [2.75, 3.05) is 13.1 Å². The Morgan fingerprint density at radius 3 is 3.10 bits per heavy atom. The van der Waals surface area contributed by atoms with E-state index in [1.807, 2.05) is 0 Å². The lowest BCUT2D eigenvalue weighted by atomic mass is 9.89. The summed E-state index contributed by atoms with van der Waals surface area (Å²) in [5, 5.41) is 10.4. The van der Waals surface area contributed by atoms with Crippen molar-refractivity contribution in [2.24, 2.45) is 0 Å². The summed E-state index contributed by atoms with van der Waals surface area (Å²) in [6.07, 6.45) is 4.37. The van der Waals surface area contributed by atoms with Crippen molar-refractivity contribution in [1.29, 1.82) is 5.26 Å². The SMILES string of the molecule is Cc1ccc2c(c1)c1c3n2CCN(CCC#N)C3CCC1. The van der Waals surface area contributed by atoms with Crippen LogP contribution in [0, 0.1) is 18.3 Å². The number of nitriles is 1. The highest BCUT2D eigenvalue weighted by molar-refractivity contribution is 5.87. The van der Waals surface area contributed by atoms with Crippen LogP contribution in [0.4, 0.5) is 0 Å².